The Morgan fingerprint density at radius 3 is 2.41 bits per heavy atom. The Morgan fingerprint density at radius 1 is 1.15 bits per heavy atom. The first kappa shape index (κ1) is 18.5. The zero-order valence-electron chi connectivity index (χ0n) is 15.1. The number of rotatable bonds is 5. The molecular formula is C21H20N2O4. The summed E-state index contributed by atoms with van der Waals surface area (Å²) in [6.45, 7) is 0. The second-order valence-corrected chi connectivity index (χ2v) is 6.26. The number of nitrogens with zero attached hydrogens (tertiary/aromatic N) is 1. The van der Waals surface area contributed by atoms with Gasteiger partial charge in [0.1, 0.15) is 0 Å². The smallest absolute Gasteiger partial charge is 0.270 e. The molecule has 0 aromatic heterocycles. The van der Waals surface area contributed by atoms with Crippen LogP contribution in [0.4, 0.5) is 5.69 Å². The van der Waals surface area contributed by atoms with Crippen LogP contribution in [0.5, 0.6) is 0 Å². The molecule has 1 aliphatic carbocycles. The molecule has 0 heterocycles. The van der Waals surface area contributed by atoms with Gasteiger partial charge >= 0.3 is 0 Å². The highest BCUT2D eigenvalue weighted by Gasteiger charge is 2.35. The van der Waals surface area contributed by atoms with Gasteiger partial charge in [0.2, 0.25) is 0 Å². The van der Waals surface area contributed by atoms with Crippen molar-refractivity contribution in [3.05, 3.63) is 82.4 Å². The normalized spacial score (nSPS) is 18.7. The number of methoxy groups -OCH3 is 1. The third-order valence-corrected chi connectivity index (χ3v) is 4.72. The van der Waals surface area contributed by atoms with Crippen LogP contribution in [0.15, 0.2) is 66.8 Å². The molecule has 27 heavy (non-hydrogen) atoms. The number of nitro benzene ring substituents is 1. The van der Waals surface area contributed by atoms with Gasteiger partial charge in [-0.2, -0.15) is 0 Å². The minimum Gasteiger partial charge on any atom is -0.364 e. The summed E-state index contributed by atoms with van der Waals surface area (Å²) in [5.41, 5.74) is 2.68. The van der Waals surface area contributed by atoms with E-state index < -0.39 is 10.5 Å². The van der Waals surface area contributed by atoms with Crippen molar-refractivity contribution in [1.29, 1.82) is 0 Å². The monoisotopic (exact) mass is 364 g/mol. The maximum atomic E-state index is 12.1. The molecule has 138 valence electrons. The molecule has 0 saturated carbocycles. The van der Waals surface area contributed by atoms with Crippen LogP contribution in [0.1, 0.15) is 12.0 Å². The summed E-state index contributed by atoms with van der Waals surface area (Å²) in [5.74, 6) is -0.193. The zero-order valence-corrected chi connectivity index (χ0v) is 15.1. The number of likely N-dealkylation sites (N-methyl/N-ethyl adjacent to an activating group) is 1. The van der Waals surface area contributed by atoms with Crippen LogP contribution in [0.25, 0.3) is 16.7 Å². The summed E-state index contributed by atoms with van der Waals surface area (Å²) < 4.78 is 5.44. The van der Waals surface area contributed by atoms with Crippen LogP contribution >= 0.6 is 0 Å². The molecule has 2 aromatic rings. The Bertz CT molecular complexity index is 949. The van der Waals surface area contributed by atoms with Crippen molar-refractivity contribution in [2.75, 3.05) is 14.2 Å². The van der Waals surface area contributed by atoms with Crippen molar-refractivity contribution in [3.8, 4) is 11.1 Å². The molecule has 6 heteroatoms. The summed E-state index contributed by atoms with van der Waals surface area (Å²) in [5, 5.41) is 13.6. The maximum absolute atomic E-state index is 12.1. The Labute approximate surface area is 157 Å². The Kier molecular flexibility index (Phi) is 5.19. The number of allylic oxidation sites excluding steroid dienone is 2. The molecule has 0 aliphatic heterocycles. The fourth-order valence-electron chi connectivity index (χ4n) is 3.14. The molecule has 0 spiro atoms. The molecule has 0 radical (unpaired) electrons. The van der Waals surface area contributed by atoms with Gasteiger partial charge in [-0.1, -0.05) is 42.5 Å². The van der Waals surface area contributed by atoms with Gasteiger partial charge in [0.15, 0.2) is 5.60 Å². The van der Waals surface area contributed by atoms with Crippen molar-refractivity contribution in [2.45, 2.75) is 12.0 Å². The van der Waals surface area contributed by atoms with Crippen molar-refractivity contribution >= 4 is 17.2 Å². The van der Waals surface area contributed by atoms with E-state index in [0.29, 0.717) is 6.42 Å². The van der Waals surface area contributed by atoms with Crippen LogP contribution in [0.3, 0.4) is 0 Å². The third-order valence-electron chi connectivity index (χ3n) is 4.72. The van der Waals surface area contributed by atoms with Crippen molar-refractivity contribution < 1.29 is 14.5 Å². The van der Waals surface area contributed by atoms with Gasteiger partial charge < -0.3 is 10.1 Å². The number of ether oxygens (including phenoxy) is 1. The van der Waals surface area contributed by atoms with Gasteiger partial charge in [-0.15, -0.1) is 0 Å². The highest BCUT2D eigenvalue weighted by atomic mass is 16.6. The molecule has 1 atom stereocenters. The third kappa shape index (κ3) is 3.66. The van der Waals surface area contributed by atoms with Gasteiger partial charge in [-0.05, 0) is 34.4 Å². The number of hydrogen-bond donors (Lipinski definition) is 1. The average molecular weight is 364 g/mol. The van der Waals surface area contributed by atoms with Gasteiger partial charge in [0.25, 0.3) is 11.6 Å². The van der Waals surface area contributed by atoms with E-state index in [-0.39, 0.29) is 11.6 Å². The van der Waals surface area contributed by atoms with Crippen LogP contribution < -0.4 is 5.32 Å². The lowest BCUT2D eigenvalue weighted by molar-refractivity contribution is -0.384. The molecule has 1 amide bonds. The number of nitrogens with one attached hydrogen (secondary N) is 1. The Morgan fingerprint density at radius 2 is 1.81 bits per heavy atom. The highest BCUT2D eigenvalue weighted by Crippen LogP contribution is 2.32. The minimum absolute atomic E-state index is 0.0603. The first-order chi connectivity index (χ1) is 13.0. The molecule has 1 aliphatic rings. The quantitative estimate of drug-likeness (QED) is 0.647. The molecule has 0 fully saturated rings. The molecule has 3 rings (SSSR count). The lowest BCUT2D eigenvalue weighted by Gasteiger charge is -2.29. The number of carbonyl (C=O) groups excluding carboxylic acids is 1. The number of carbonyl (C=O) groups is 1. The summed E-state index contributed by atoms with van der Waals surface area (Å²) in [4.78, 5) is 22.7. The number of hydrogen-bond acceptors (Lipinski definition) is 4. The maximum Gasteiger partial charge on any atom is 0.270 e. The van der Waals surface area contributed by atoms with Crippen LogP contribution in [0, 0.1) is 10.1 Å². The van der Waals surface area contributed by atoms with Gasteiger partial charge in [-0.25, -0.2) is 0 Å². The molecule has 6 nitrogen and oxygen atoms in total. The van der Waals surface area contributed by atoms with E-state index in [9.17, 15) is 14.9 Å². The summed E-state index contributed by atoms with van der Waals surface area (Å²) >= 11 is 0. The Balaban J connectivity index is 1.90. The molecule has 0 saturated heterocycles. The number of non-ortho nitro benzene ring substituents is 1. The van der Waals surface area contributed by atoms with E-state index in [4.69, 9.17) is 4.74 Å². The molecule has 1 N–H and O–H groups in total. The first-order valence-electron chi connectivity index (χ1n) is 8.51. The minimum atomic E-state index is -0.990. The van der Waals surface area contributed by atoms with Crippen molar-refractivity contribution in [3.63, 3.8) is 0 Å². The highest BCUT2D eigenvalue weighted by molar-refractivity contribution is 5.90. The number of benzene rings is 2. The lowest BCUT2D eigenvalue weighted by Crippen LogP contribution is -2.45. The van der Waals surface area contributed by atoms with Crippen LogP contribution in [-0.4, -0.2) is 30.6 Å². The first-order valence-corrected chi connectivity index (χ1v) is 8.51. The number of amides is 1. The van der Waals surface area contributed by atoms with Crippen molar-refractivity contribution in [2.24, 2.45) is 0 Å². The Hall–Kier alpha value is -3.25. The van der Waals surface area contributed by atoms with E-state index in [1.54, 1.807) is 25.3 Å². The van der Waals surface area contributed by atoms with E-state index in [1.807, 2.05) is 42.5 Å². The predicted octanol–water partition coefficient (Wildman–Crippen LogP) is 3.74. The molecular weight excluding hydrogens is 344 g/mol. The van der Waals surface area contributed by atoms with Crippen LogP contribution in [0.2, 0.25) is 0 Å². The van der Waals surface area contributed by atoms with Crippen LogP contribution in [-0.2, 0) is 9.53 Å². The fourth-order valence-corrected chi connectivity index (χ4v) is 3.14. The summed E-state index contributed by atoms with van der Waals surface area (Å²) in [6.07, 6.45) is 6.03. The predicted molar refractivity (Wildman–Crippen MR) is 104 cm³/mol. The van der Waals surface area contributed by atoms with Gasteiger partial charge in [0, 0.05) is 32.7 Å². The number of nitro groups is 1. The summed E-state index contributed by atoms with van der Waals surface area (Å²) in [6, 6.07) is 14.3. The SMILES string of the molecule is CNC(=O)C1(OC)C=CC(c2cccc(-c3cccc([N+](=O)[O-])c3)c2)=CC1. The molecule has 1 unspecified atom stereocenters. The molecule has 0 bridgehead atoms. The second-order valence-electron chi connectivity index (χ2n) is 6.26. The van der Waals surface area contributed by atoms with E-state index >= 15 is 0 Å². The largest absolute Gasteiger partial charge is 0.364 e. The lowest BCUT2D eigenvalue weighted by atomic mass is 9.88. The second kappa shape index (κ2) is 7.55. The van der Waals surface area contributed by atoms with Gasteiger partial charge in [0.05, 0.1) is 4.92 Å². The molecule has 2 aromatic carbocycles. The average Bonchev–Trinajstić information content (AvgIpc) is 2.73. The standard InChI is InChI=1S/C21H20N2O4/c1-22-20(24)21(27-2)11-9-15(10-12-21)16-5-3-6-17(13-16)18-7-4-8-19(14-18)23(25)26/h3-11,13-14H,12H2,1-2H3,(H,22,24). The van der Waals surface area contributed by atoms with Gasteiger partial charge in [-0.3, -0.25) is 14.9 Å². The zero-order chi connectivity index (χ0) is 19.4. The van der Waals surface area contributed by atoms with E-state index in [0.717, 1.165) is 22.3 Å². The summed E-state index contributed by atoms with van der Waals surface area (Å²) in [7, 11) is 3.10. The van der Waals surface area contributed by atoms with E-state index in [2.05, 4.69) is 5.32 Å². The fraction of sp³-hybridized carbons (Fsp3) is 0.190. The van der Waals surface area contributed by atoms with E-state index in [1.165, 1.54) is 13.2 Å². The van der Waals surface area contributed by atoms with Crippen molar-refractivity contribution in [1.82, 2.24) is 5.32 Å². The topological polar surface area (TPSA) is 81.5 Å².